The molecule has 1 heterocycles. The number of nitrogens with zero attached hydrogens (tertiary/aromatic N) is 1. The predicted molar refractivity (Wildman–Crippen MR) is 80.7 cm³/mol. The summed E-state index contributed by atoms with van der Waals surface area (Å²) in [7, 11) is 0. The summed E-state index contributed by atoms with van der Waals surface area (Å²) in [5.41, 5.74) is 5.38. The van der Waals surface area contributed by atoms with Crippen molar-refractivity contribution in [3.63, 3.8) is 0 Å². The number of amides is 1. The summed E-state index contributed by atoms with van der Waals surface area (Å²) in [6.07, 6.45) is 5.58. The molecular formula is C16H28N2O3. The summed E-state index contributed by atoms with van der Waals surface area (Å²) in [6, 6.07) is -0.0705. The van der Waals surface area contributed by atoms with Gasteiger partial charge in [-0.05, 0) is 25.2 Å². The molecule has 2 rings (SSSR count). The first kappa shape index (κ1) is 16.3. The fraction of sp³-hybridized carbons (Fsp3) is 0.875. The first-order valence-corrected chi connectivity index (χ1v) is 8.16. The Bertz CT molecular complexity index is 410. The third-order valence-electron chi connectivity index (χ3n) is 5.53. The zero-order valence-electron chi connectivity index (χ0n) is 13.2. The molecule has 3 unspecified atom stereocenters. The molecule has 0 aromatic rings. The molecule has 3 atom stereocenters. The van der Waals surface area contributed by atoms with Crippen LogP contribution in [0.25, 0.3) is 0 Å². The van der Waals surface area contributed by atoms with E-state index >= 15 is 0 Å². The van der Waals surface area contributed by atoms with E-state index in [2.05, 4.69) is 0 Å². The van der Waals surface area contributed by atoms with Gasteiger partial charge in [0.25, 0.3) is 0 Å². The summed E-state index contributed by atoms with van der Waals surface area (Å²) >= 11 is 0. The summed E-state index contributed by atoms with van der Waals surface area (Å²) in [5, 5.41) is 9.58. The molecule has 0 aromatic heterocycles. The number of hydrogen-bond acceptors (Lipinski definition) is 3. The molecule has 0 spiro atoms. The van der Waals surface area contributed by atoms with Crippen LogP contribution in [0.2, 0.25) is 0 Å². The van der Waals surface area contributed by atoms with Gasteiger partial charge in [-0.3, -0.25) is 9.59 Å². The molecule has 0 bridgehead atoms. The quantitative estimate of drug-likeness (QED) is 0.779. The van der Waals surface area contributed by atoms with E-state index < -0.39 is 11.4 Å². The highest BCUT2D eigenvalue weighted by molar-refractivity contribution is 5.82. The van der Waals surface area contributed by atoms with Gasteiger partial charge in [-0.1, -0.05) is 33.1 Å². The van der Waals surface area contributed by atoms with Gasteiger partial charge in [0.05, 0.1) is 11.3 Å². The minimum Gasteiger partial charge on any atom is -0.481 e. The first-order valence-electron chi connectivity index (χ1n) is 8.16. The van der Waals surface area contributed by atoms with Gasteiger partial charge in [-0.25, -0.2) is 0 Å². The van der Waals surface area contributed by atoms with Gasteiger partial charge < -0.3 is 15.7 Å². The third kappa shape index (κ3) is 3.07. The van der Waals surface area contributed by atoms with Crippen LogP contribution in [0.5, 0.6) is 0 Å². The van der Waals surface area contributed by atoms with Crippen LogP contribution < -0.4 is 5.73 Å². The zero-order chi connectivity index (χ0) is 15.6. The summed E-state index contributed by atoms with van der Waals surface area (Å²) in [5.74, 6) is -0.800. The van der Waals surface area contributed by atoms with Gasteiger partial charge in [-0.2, -0.15) is 0 Å². The number of nitrogens with two attached hydrogens (primary N) is 1. The molecule has 0 aromatic carbocycles. The maximum atomic E-state index is 12.7. The van der Waals surface area contributed by atoms with Crippen molar-refractivity contribution in [2.24, 2.45) is 23.0 Å². The molecular weight excluding hydrogens is 268 g/mol. The van der Waals surface area contributed by atoms with E-state index in [4.69, 9.17) is 5.73 Å². The Kier molecular flexibility index (Phi) is 4.91. The van der Waals surface area contributed by atoms with Crippen molar-refractivity contribution in [3.05, 3.63) is 0 Å². The fourth-order valence-electron chi connectivity index (χ4n) is 3.79. The van der Waals surface area contributed by atoms with Gasteiger partial charge >= 0.3 is 5.97 Å². The molecule has 5 nitrogen and oxygen atoms in total. The number of carbonyl (C=O) groups is 2. The number of rotatable bonds is 3. The van der Waals surface area contributed by atoms with Gasteiger partial charge in [0.1, 0.15) is 0 Å². The molecule has 2 aliphatic rings. The average molecular weight is 296 g/mol. The Morgan fingerprint density at radius 3 is 2.48 bits per heavy atom. The SMILES string of the molecule is CC(C)C1(C(=O)O)CCN(C(=O)C2CCCCCC2N)C1. The van der Waals surface area contributed by atoms with E-state index in [1.54, 1.807) is 4.90 Å². The standard InChI is InChI=1S/C16H28N2O3/c1-11(2)16(15(20)21)8-9-18(10-16)14(19)12-6-4-3-5-7-13(12)17/h11-13H,3-10,17H2,1-2H3,(H,20,21). The van der Waals surface area contributed by atoms with Crippen molar-refractivity contribution in [3.8, 4) is 0 Å². The lowest BCUT2D eigenvalue weighted by atomic mass is 9.76. The lowest BCUT2D eigenvalue weighted by molar-refractivity contribution is -0.151. The van der Waals surface area contributed by atoms with Gasteiger partial charge in [0.2, 0.25) is 5.91 Å². The highest BCUT2D eigenvalue weighted by Gasteiger charge is 2.49. The first-order chi connectivity index (χ1) is 9.88. The van der Waals surface area contributed by atoms with Gasteiger partial charge in [0.15, 0.2) is 0 Å². The monoisotopic (exact) mass is 296 g/mol. The van der Waals surface area contributed by atoms with Crippen molar-refractivity contribution in [1.29, 1.82) is 0 Å². The fourth-order valence-corrected chi connectivity index (χ4v) is 3.79. The van der Waals surface area contributed by atoms with E-state index in [9.17, 15) is 14.7 Å². The van der Waals surface area contributed by atoms with Crippen LogP contribution in [0.1, 0.15) is 52.4 Å². The van der Waals surface area contributed by atoms with Crippen LogP contribution in [0, 0.1) is 17.3 Å². The van der Waals surface area contributed by atoms with E-state index in [0.29, 0.717) is 19.5 Å². The van der Waals surface area contributed by atoms with Crippen LogP contribution in [0.3, 0.4) is 0 Å². The van der Waals surface area contributed by atoms with Crippen LogP contribution in [0.4, 0.5) is 0 Å². The number of likely N-dealkylation sites (tertiary alicyclic amines) is 1. The number of hydrogen-bond donors (Lipinski definition) is 2. The topological polar surface area (TPSA) is 83.6 Å². The van der Waals surface area contributed by atoms with E-state index in [0.717, 1.165) is 32.1 Å². The number of carbonyl (C=O) groups excluding carboxylic acids is 1. The van der Waals surface area contributed by atoms with Crippen molar-refractivity contribution in [2.45, 2.75) is 58.4 Å². The van der Waals surface area contributed by atoms with Crippen molar-refractivity contribution in [1.82, 2.24) is 4.90 Å². The van der Waals surface area contributed by atoms with E-state index in [1.165, 1.54) is 0 Å². The number of carboxylic acids is 1. The smallest absolute Gasteiger partial charge is 0.311 e. The highest BCUT2D eigenvalue weighted by Crippen LogP contribution is 2.39. The van der Waals surface area contributed by atoms with Gasteiger partial charge in [0, 0.05) is 19.1 Å². The number of aliphatic carboxylic acids is 1. The minimum absolute atomic E-state index is 0.0237. The minimum atomic E-state index is -0.787. The molecule has 3 N–H and O–H groups in total. The summed E-state index contributed by atoms with van der Waals surface area (Å²) in [4.78, 5) is 26.2. The lowest BCUT2D eigenvalue weighted by Gasteiger charge is -2.30. The van der Waals surface area contributed by atoms with Crippen LogP contribution >= 0.6 is 0 Å². The van der Waals surface area contributed by atoms with Crippen LogP contribution in [-0.2, 0) is 9.59 Å². The average Bonchev–Trinajstić information content (AvgIpc) is 2.78. The summed E-state index contributed by atoms with van der Waals surface area (Å²) < 4.78 is 0. The highest BCUT2D eigenvalue weighted by atomic mass is 16.4. The second kappa shape index (κ2) is 6.34. The molecule has 1 amide bonds. The summed E-state index contributed by atoms with van der Waals surface area (Å²) in [6.45, 7) is 4.74. The zero-order valence-corrected chi connectivity index (χ0v) is 13.2. The second-order valence-electron chi connectivity index (χ2n) is 7.03. The molecule has 0 radical (unpaired) electrons. The Morgan fingerprint density at radius 2 is 1.90 bits per heavy atom. The van der Waals surface area contributed by atoms with E-state index in [1.807, 2.05) is 13.8 Å². The van der Waals surface area contributed by atoms with Crippen molar-refractivity contribution < 1.29 is 14.7 Å². The van der Waals surface area contributed by atoms with Crippen molar-refractivity contribution in [2.75, 3.05) is 13.1 Å². The Morgan fingerprint density at radius 1 is 1.24 bits per heavy atom. The molecule has 2 fully saturated rings. The molecule has 1 saturated heterocycles. The van der Waals surface area contributed by atoms with Crippen molar-refractivity contribution >= 4 is 11.9 Å². The predicted octanol–water partition coefficient (Wildman–Crippen LogP) is 1.85. The number of carboxylic acid groups (broad SMARTS) is 1. The van der Waals surface area contributed by atoms with Gasteiger partial charge in [-0.15, -0.1) is 0 Å². The Hall–Kier alpha value is -1.10. The van der Waals surface area contributed by atoms with Crippen LogP contribution in [0.15, 0.2) is 0 Å². The lowest BCUT2D eigenvalue weighted by Crippen LogP contribution is -2.45. The maximum Gasteiger partial charge on any atom is 0.311 e. The third-order valence-corrected chi connectivity index (χ3v) is 5.53. The molecule has 5 heteroatoms. The van der Waals surface area contributed by atoms with E-state index in [-0.39, 0.29) is 23.8 Å². The largest absolute Gasteiger partial charge is 0.481 e. The second-order valence-corrected chi connectivity index (χ2v) is 7.03. The van der Waals surface area contributed by atoms with Crippen LogP contribution in [-0.4, -0.2) is 41.0 Å². The Labute approximate surface area is 126 Å². The normalized spacial score (nSPS) is 34.0. The molecule has 1 aliphatic carbocycles. The molecule has 1 aliphatic heterocycles. The maximum absolute atomic E-state index is 12.7. The Balaban J connectivity index is 2.09. The molecule has 120 valence electrons. The molecule has 21 heavy (non-hydrogen) atoms. The molecule has 1 saturated carbocycles.